The molecule has 0 saturated heterocycles. The van der Waals surface area contributed by atoms with Crippen LogP contribution in [0.1, 0.15) is 25.8 Å². The number of ether oxygens (including phenoxy) is 1. The van der Waals surface area contributed by atoms with E-state index in [-0.39, 0.29) is 11.9 Å². The van der Waals surface area contributed by atoms with Gasteiger partial charge in [-0.3, -0.25) is 4.79 Å². The molecular weight excluding hydrogens is 258 g/mol. The van der Waals surface area contributed by atoms with E-state index in [4.69, 9.17) is 4.74 Å². The third kappa shape index (κ3) is 3.40. The maximum atomic E-state index is 11.5. The van der Waals surface area contributed by atoms with Crippen LogP contribution in [0.2, 0.25) is 0 Å². The van der Waals surface area contributed by atoms with Gasteiger partial charge in [0, 0.05) is 13.1 Å². The first-order chi connectivity index (χ1) is 9.60. The minimum atomic E-state index is -0.480. The molecule has 1 unspecified atom stereocenters. The Bertz CT molecular complexity index is 516. The summed E-state index contributed by atoms with van der Waals surface area (Å²) in [5, 5.41) is 8.27. The van der Waals surface area contributed by atoms with Gasteiger partial charge in [-0.25, -0.2) is 4.79 Å². The molecule has 0 spiro atoms. The average Bonchev–Trinajstić information content (AvgIpc) is 2.44. The molecule has 0 aliphatic carbocycles. The van der Waals surface area contributed by atoms with Gasteiger partial charge in [0.25, 0.3) is 5.91 Å². The maximum absolute atomic E-state index is 11.5. The van der Waals surface area contributed by atoms with Crippen LogP contribution in [0.4, 0.5) is 10.5 Å². The monoisotopic (exact) mass is 277 g/mol. The van der Waals surface area contributed by atoms with Crippen molar-refractivity contribution in [2.75, 3.05) is 11.9 Å². The van der Waals surface area contributed by atoms with E-state index in [9.17, 15) is 9.59 Å². The first-order valence-electron chi connectivity index (χ1n) is 6.72. The molecule has 0 bridgehead atoms. The number of fused-ring (bicyclic) bond motifs is 1. The predicted molar refractivity (Wildman–Crippen MR) is 75.7 cm³/mol. The third-order valence-corrected chi connectivity index (χ3v) is 2.96. The molecule has 6 nitrogen and oxygen atoms in total. The second-order valence-corrected chi connectivity index (χ2v) is 4.69. The van der Waals surface area contributed by atoms with E-state index < -0.39 is 6.10 Å². The number of carbonyl (C=O) groups excluding carboxylic acids is 2. The van der Waals surface area contributed by atoms with Gasteiger partial charge in [0.15, 0.2) is 6.10 Å². The molecule has 1 aromatic rings. The zero-order chi connectivity index (χ0) is 14.5. The molecule has 1 aliphatic rings. The first-order valence-corrected chi connectivity index (χ1v) is 6.72. The fourth-order valence-corrected chi connectivity index (χ4v) is 1.85. The Morgan fingerprint density at radius 3 is 2.95 bits per heavy atom. The van der Waals surface area contributed by atoms with Gasteiger partial charge in [0.2, 0.25) is 0 Å². The van der Waals surface area contributed by atoms with E-state index in [1.807, 2.05) is 13.0 Å². The summed E-state index contributed by atoms with van der Waals surface area (Å²) in [6.45, 7) is 4.74. The number of hydrogen-bond donors (Lipinski definition) is 3. The standard InChI is InChI=1S/C14H19N3O3/c1-3-6-15-14(19)16-8-10-4-5-12-11(7-10)17-13(18)9(2)20-12/h4-5,7,9H,3,6,8H2,1-2H3,(H,17,18)(H2,15,16,19). The van der Waals surface area contributed by atoms with Gasteiger partial charge in [0.1, 0.15) is 5.75 Å². The quantitative estimate of drug-likeness (QED) is 0.782. The van der Waals surface area contributed by atoms with Crippen molar-refractivity contribution in [1.29, 1.82) is 0 Å². The van der Waals surface area contributed by atoms with Gasteiger partial charge in [-0.05, 0) is 31.0 Å². The van der Waals surface area contributed by atoms with E-state index in [1.165, 1.54) is 0 Å². The molecule has 3 N–H and O–H groups in total. The molecule has 0 saturated carbocycles. The van der Waals surface area contributed by atoms with Crippen molar-refractivity contribution in [3.8, 4) is 5.75 Å². The second-order valence-electron chi connectivity index (χ2n) is 4.69. The van der Waals surface area contributed by atoms with E-state index in [0.717, 1.165) is 12.0 Å². The van der Waals surface area contributed by atoms with E-state index in [2.05, 4.69) is 16.0 Å². The van der Waals surface area contributed by atoms with Gasteiger partial charge in [-0.15, -0.1) is 0 Å². The van der Waals surface area contributed by atoms with Gasteiger partial charge in [0.05, 0.1) is 5.69 Å². The highest BCUT2D eigenvalue weighted by molar-refractivity contribution is 5.97. The van der Waals surface area contributed by atoms with Crippen LogP contribution in [-0.4, -0.2) is 24.6 Å². The number of carbonyl (C=O) groups is 2. The highest BCUT2D eigenvalue weighted by atomic mass is 16.5. The second kappa shape index (κ2) is 6.27. The maximum Gasteiger partial charge on any atom is 0.315 e. The number of amides is 3. The number of nitrogens with one attached hydrogen (secondary N) is 3. The molecule has 0 fully saturated rings. The fraction of sp³-hybridized carbons (Fsp3) is 0.429. The highest BCUT2D eigenvalue weighted by Crippen LogP contribution is 2.30. The summed E-state index contributed by atoms with van der Waals surface area (Å²) in [6, 6.07) is 5.27. The van der Waals surface area contributed by atoms with Crippen molar-refractivity contribution >= 4 is 17.6 Å². The van der Waals surface area contributed by atoms with Crippen LogP contribution in [0.5, 0.6) is 5.75 Å². The van der Waals surface area contributed by atoms with Crippen molar-refractivity contribution < 1.29 is 14.3 Å². The van der Waals surface area contributed by atoms with E-state index >= 15 is 0 Å². The summed E-state index contributed by atoms with van der Waals surface area (Å²) in [4.78, 5) is 23.0. The highest BCUT2D eigenvalue weighted by Gasteiger charge is 2.23. The molecule has 20 heavy (non-hydrogen) atoms. The van der Waals surface area contributed by atoms with Crippen LogP contribution >= 0.6 is 0 Å². The topological polar surface area (TPSA) is 79.5 Å². The first kappa shape index (κ1) is 14.2. The number of anilines is 1. The van der Waals surface area contributed by atoms with Crippen LogP contribution in [0, 0.1) is 0 Å². The van der Waals surface area contributed by atoms with Crippen molar-refractivity contribution in [1.82, 2.24) is 10.6 Å². The SMILES string of the molecule is CCCNC(=O)NCc1ccc2c(c1)NC(=O)C(C)O2. The van der Waals surface area contributed by atoms with Crippen LogP contribution < -0.4 is 20.7 Å². The van der Waals surface area contributed by atoms with Crippen molar-refractivity contribution in [3.63, 3.8) is 0 Å². The Hall–Kier alpha value is -2.24. The zero-order valence-corrected chi connectivity index (χ0v) is 11.7. The van der Waals surface area contributed by atoms with Crippen LogP contribution in [0.15, 0.2) is 18.2 Å². The van der Waals surface area contributed by atoms with Crippen LogP contribution in [-0.2, 0) is 11.3 Å². The lowest BCUT2D eigenvalue weighted by Gasteiger charge is -2.23. The molecule has 1 aliphatic heterocycles. The van der Waals surface area contributed by atoms with Gasteiger partial charge in [-0.2, -0.15) is 0 Å². The Labute approximate surface area is 117 Å². The number of urea groups is 1. The molecule has 3 amide bonds. The molecule has 0 radical (unpaired) electrons. The minimum Gasteiger partial charge on any atom is -0.479 e. The summed E-state index contributed by atoms with van der Waals surface area (Å²) in [5.41, 5.74) is 1.54. The number of benzene rings is 1. The molecule has 2 rings (SSSR count). The lowest BCUT2D eigenvalue weighted by Crippen LogP contribution is -2.36. The van der Waals surface area contributed by atoms with Crippen molar-refractivity contribution in [2.24, 2.45) is 0 Å². The lowest BCUT2D eigenvalue weighted by molar-refractivity contribution is -0.122. The molecular formula is C14H19N3O3. The van der Waals surface area contributed by atoms with Crippen LogP contribution in [0.3, 0.4) is 0 Å². The van der Waals surface area contributed by atoms with Crippen molar-refractivity contribution in [3.05, 3.63) is 23.8 Å². The summed E-state index contributed by atoms with van der Waals surface area (Å²) in [5.74, 6) is 0.486. The van der Waals surface area contributed by atoms with Crippen LogP contribution in [0.25, 0.3) is 0 Å². The molecule has 0 aromatic heterocycles. The Kier molecular flexibility index (Phi) is 4.45. The predicted octanol–water partition coefficient (Wildman–Crippen LogP) is 1.62. The molecule has 1 atom stereocenters. The Balaban J connectivity index is 1.96. The summed E-state index contributed by atoms with van der Waals surface area (Å²) >= 11 is 0. The molecule has 108 valence electrons. The average molecular weight is 277 g/mol. The lowest BCUT2D eigenvalue weighted by atomic mass is 10.1. The molecule has 1 aromatic carbocycles. The zero-order valence-electron chi connectivity index (χ0n) is 11.7. The number of rotatable bonds is 4. The van der Waals surface area contributed by atoms with E-state index in [1.54, 1.807) is 19.1 Å². The normalized spacial score (nSPS) is 16.7. The van der Waals surface area contributed by atoms with Gasteiger partial charge in [-0.1, -0.05) is 13.0 Å². The molecule has 1 heterocycles. The Morgan fingerprint density at radius 2 is 2.20 bits per heavy atom. The largest absolute Gasteiger partial charge is 0.479 e. The molecule has 6 heteroatoms. The van der Waals surface area contributed by atoms with E-state index in [0.29, 0.717) is 24.5 Å². The third-order valence-electron chi connectivity index (χ3n) is 2.96. The van der Waals surface area contributed by atoms with Gasteiger partial charge >= 0.3 is 6.03 Å². The summed E-state index contributed by atoms with van der Waals surface area (Å²) < 4.78 is 5.47. The minimum absolute atomic E-state index is 0.164. The van der Waals surface area contributed by atoms with Gasteiger partial charge < -0.3 is 20.7 Å². The summed E-state index contributed by atoms with van der Waals surface area (Å²) in [6.07, 6.45) is 0.416. The Morgan fingerprint density at radius 1 is 1.40 bits per heavy atom. The number of hydrogen-bond acceptors (Lipinski definition) is 3. The smallest absolute Gasteiger partial charge is 0.315 e. The van der Waals surface area contributed by atoms with Crippen molar-refractivity contribution in [2.45, 2.75) is 32.9 Å². The summed E-state index contributed by atoms with van der Waals surface area (Å²) in [7, 11) is 0. The fourth-order valence-electron chi connectivity index (χ4n) is 1.85.